The Bertz CT molecular complexity index is 4360. The van der Waals surface area contributed by atoms with E-state index in [0.29, 0.717) is 44.7 Å². The van der Waals surface area contributed by atoms with Gasteiger partial charge in [0.2, 0.25) is 0 Å². The topological polar surface area (TPSA) is 38.9 Å². The number of aryl methyl sites for hydroxylation is 4. The molecule has 3 nitrogen and oxygen atoms in total. The van der Waals surface area contributed by atoms with Crippen LogP contribution in [0.1, 0.15) is 106 Å². The number of hydrogen-bond acceptors (Lipinski definition) is 3. The van der Waals surface area contributed by atoms with E-state index in [-0.39, 0.29) is 64.7 Å². The molecule has 8 aromatic carbocycles. The number of fused-ring (bicyclic) bond motifs is 7. The predicted octanol–water partition coefficient (Wildman–Crippen LogP) is 18.8. The molecule has 1 saturated carbocycles. The van der Waals surface area contributed by atoms with E-state index in [4.69, 9.17) is 25.0 Å². The normalized spacial score (nSPS) is 17.3. The van der Waals surface area contributed by atoms with Crippen molar-refractivity contribution in [1.82, 2.24) is 9.97 Å². The third-order valence-electron chi connectivity index (χ3n) is 13.3. The number of rotatable bonds is 7. The first-order chi connectivity index (χ1) is 40.4. The molecule has 1 radical (unpaired) electrons. The number of aromatic nitrogens is 2. The van der Waals surface area contributed by atoms with Gasteiger partial charge in [-0.15, -0.1) is 47.5 Å². The molecule has 0 spiro atoms. The summed E-state index contributed by atoms with van der Waals surface area (Å²) in [6.45, 7) is -4.88. The van der Waals surface area contributed by atoms with Crippen LogP contribution < -0.4 is 0 Å². The average molecular weight is 1130 g/mol. The van der Waals surface area contributed by atoms with Crippen LogP contribution in [0.3, 0.4) is 0 Å². The smallest absolute Gasteiger partial charge is 0.129 e. The number of benzene rings is 8. The fourth-order valence-corrected chi connectivity index (χ4v) is 9.89. The van der Waals surface area contributed by atoms with Gasteiger partial charge in [-0.2, -0.15) is 0 Å². The molecule has 0 saturated heterocycles. The third kappa shape index (κ3) is 9.71. The first-order valence-electron chi connectivity index (χ1n) is 31.5. The molecule has 3 aromatic heterocycles. The van der Waals surface area contributed by atoms with E-state index in [1.54, 1.807) is 42.6 Å². The minimum atomic E-state index is -2.77. The minimum Gasteiger partial charge on any atom is -0.500 e. The zero-order chi connectivity index (χ0) is 61.5. The Labute approximate surface area is 459 Å². The summed E-state index contributed by atoms with van der Waals surface area (Å²) in [6, 6.07) is 53.7. The van der Waals surface area contributed by atoms with Crippen LogP contribution in [0, 0.1) is 45.0 Å². The molecule has 0 unspecified atom stereocenters. The average Bonchev–Trinajstić information content (AvgIpc) is 1.73. The number of nitrogens with zero attached hydrogens (tertiary/aromatic N) is 2. The summed E-state index contributed by atoms with van der Waals surface area (Å²) in [5.41, 5.74) is 5.72. The van der Waals surface area contributed by atoms with Crippen LogP contribution in [0.25, 0.3) is 99.4 Å². The number of hydrogen-bond donors (Lipinski definition) is 0. The molecular weight excluding hydrogens is 1050 g/mol. The summed E-state index contributed by atoms with van der Waals surface area (Å²) in [4.78, 5) is 9.03. The Kier molecular flexibility index (Phi) is 9.47. The molecule has 359 valence electrons. The summed E-state index contributed by atoms with van der Waals surface area (Å²) in [5.74, 6) is -0.712. The van der Waals surface area contributed by atoms with Gasteiger partial charge in [0.15, 0.2) is 0 Å². The van der Waals surface area contributed by atoms with E-state index in [0.717, 1.165) is 69.1 Å². The molecule has 3 heterocycles. The van der Waals surface area contributed by atoms with Crippen LogP contribution in [0.15, 0.2) is 175 Å². The summed E-state index contributed by atoms with van der Waals surface area (Å²) in [6.07, 6.45) is 4.64. The van der Waals surface area contributed by atoms with Crippen molar-refractivity contribution in [1.29, 1.82) is 0 Å². The second kappa shape index (κ2) is 20.3. The second-order valence-electron chi connectivity index (χ2n) is 19.3. The molecule has 0 aliphatic heterocycles. The van der Waals surface area contributed by atoms with Gasteiger partial charge < -0.3 is 14.4 Å². The maximum atomic E-state index is 8.94. The SMILES string of the molecule is [2H]C([2H])([2H])c1c[c-]c(-c2ccc(C([2H])([2H])C(C)(C)C)cn2)cc1-c1ccccc1.[2H]C([2H])([2H])c1cc(-c2cc(-c3[c-]ccc4c3oc3c4ccc4ccc5ccccc5c43)ncc2C([2H])([2H])[2H])c(C([2H])([2H])[2H])cc1-c1ccc(C2([2H])CCCC2)cc1.[Ir]. The Balaban J connectivity index is 0.000000236. The zero-order valence-corrected chi connectivity index (χ0v) is 42.5. The number of furan rings is 1. The standard InChI is InChI=1S/C45H36NO.C23H24N.Ir/c1-27-24-40(28(2)23-39(27)33-17-15-31(16-18-33)30-9-4-5-10-30)41-25-42(46-26-29(41)3)38-14-8-13-36-37-22-21-34-20-19-32-11-6-7-12-35(32)43(34)45(37)47-44(36)38;1-17-10-12-20(14-21(17)19-8-6-5-7-9-19)22-13-11-18(16-24-22)15-23(2,3)4;/h6-8,11-13,15-26,30H,4-5,9-10H2,1-3H3;5-11,13-14,16H,15H2,1-4H3;/q2*-1;/i1D3,2D3,3D3,30D;1D3,15D2;. The van der Waals surface area contributed by atoms with E-state index in [9.17, 15) is 0 Å². The largest absolute Gasteiger partial charge is 0.500 e. The first-order valence-corrected chi connectivity index (χ1v) is 24.0. The maximum absolute atomic E-state index is 8.94. The molecule has 0 bridgehead atoms. The molecule has 0 amide bonds. The van der Waals surface area contributed by atoms with Gasteiger partial charge in [0, 0.05) is 63.8 Å². The fraction of sp³-hybridized carbons (Fsp3) is 0.206. The van der Waals surface area contributed by atoms with Crippen molar-refractivity contribution >= 4 is 43.5 Å². The molecule has 72 heavy (non-hydrogen) atoms. The van der Waals surface area contributed by atoms with E-state index >= 15 is 0 Å². The van der Waals surface area contributed by atoms with Crippen LogP contribution in [0.5, 0.6) is 0 Å². The van der Waals surface area contributed by atoms with Crippen LogP contribution in [-0.2, 0) is 26.5 Å². The van der Waals surface area contributed by atoms with Gasteiger partial charge >= 0.3 is 0 Å². The van der Waals surface area contributed by atoms with Gasteiger partial charge in [0.1, 0.15) is 5.58 Å². The van der Waals surface area contributed by atoms with E-state index in [1.165, 1.54) is 30.5 Å². The number of pyridine rings is 2. The van der Waals surface area contributed by atoms with Crippen LogP contribution in [0.4, 0.5) is 0 Å². The molecule has 1 fully saturated rings. The van der Waals surface area contributed by atoms with Crippen LogP contribution >= 0.6 is 0 Å². The summed E-state index contributed by atoms with van der Waals surface area (Å²) >= 11 is 0. The molecule has 0 N–H and O–H groups in total. The Morgan fingerprint density at radius 1 is 0.597 bits per heavy atom. The van der Waals surface area contributed by atoms with Crippen LogP contribution in [0.2, 0.25) is 0 Å². The van der Waals surface area contributed by atoms with Gasteiger partial charge in [-0.3, -0.25) is 0 Å². The van der Waals surface area contributed by atoms with Crippen molar-refractivity contribution in [2.75, 3.05) is 0 Å². The Morgan fingerprint density at radius 3 is 2.03 bits per heavy atom. The third-order valence-corrected chi connectivity index (χ3v) is 13.3. The van der Waals surface area contributed by atoms with Gasteiger partial charge in [-0.1, -0.05) is 190 Å². The van der Waals surface area contributed by atoms with Crippen molar-refractivity contribution in [2.24, 2.45) is 5.41 Å². The van der Waals surface area contributed by atoms with Crippen molar-refractivity contribution in [3.8, 4) is 55.9 Å². The molecule has 4 heteroatoms. The molecular formula is C68H60IrN2O-2. The zero-order valence-electron chi connectivity index (χ0n) is 55.1. The van der Waals surface area contributed by atoms with Gasteiger partial charge in [0.25, 0.3) is 0 Å². The van der Waals surface area contributed by atoms with E-state index in [1.807, 2.05) is 93.6 Å². The van der Waals surface area contributed by atoms with Crippen molar-refractivity contribution in [3.63, 3.8) is 0 Å². The van der Waals surface area contributed by atoms with E-state index in [2.05, 4.69) is 46.4 Å². The monoisotopic (exact) mass is 1130 g/mol. The Morgan fingerprint density at radius 2 is 1.26 bits per heavy atom. The van der Waals surface area contributed by atoms with Gasteiger partial charge in [0.05, 0.1) is 5.58 Å². The fourth-order valence-electron chi connectivity index (χ4n) is 9.89. The van der Waals surface area contributed by atoms with Crippen molar-refractivity contribution < 1.29 is 45.1 Å². The summed E-state index contributed by atoms with van der Waals surface area (Å²) in [7, 11) is 0. The second-order valence-corrected chi connectivity index (χ2v) is 19.3. The van der Waals surface area contributed by atoms with Crippen molar-refractivity contribution in [3.05, 3.63) is 216 Å². The molecule has 11 aromatic rings. The maximum Gasteiger partial charge on any atom is 0.129 e. The van der Waals surface area contributed by atoms with Crippen molar-refractivity contribution in [2.45, 2.75) is 86.1 Å². The molecule has 1 aliphatic carbocycles. The quantitative estimate of drug-likeness (QED) is 0.118. The summed E-state index contributed by atoms with van der Waals surface area (Å²) in [5, 5.41) is 5.72. The van der Waals surface area contributed by atoms with Gasteiger partial charge in [-0.05, 0) is 134 Å². The van der Waals surface area contributed by atoms with Gasteiger partial charge in [-0.25, -0.2) is 0 Å². The molecule has 0 atom stereocenters. The minimum absolute atomic E-state index is 0. The predicted molar refractivity (Wildman–Crippen MR) is 299 cm³/mol. The molecule has 12 rings (SSSR count). The molecule has 1 aliphatic rings. The summed E-state index contributed by atoms with van der Waals surface area (Å²) < 4.78 is 133. The van der Waals surface area contributed by atoms with E-state index < -0.39 is 45.1 Å². The first kappa shape index (κ1) is 33.6. The Hall–Kier alpha value is -6.97. The van der Waals surface area contributed by atoms with Crippen LogP contribution in [-0.4, -0.2) is 9.97 Å².